The molecule has 1 atom stereocenters. The molecule has 5 heteroatoms. The van der Waals surface area contributed by atoms with Crippen LogP contribution in [0, 0.1) is 6.92 Å². The van der Waals surface area contributed by atoms with Gasteiger partial charge in [-0.15, -0.1) is 0 Å². The van der Waals surface area contributed by atoms with Crippen LogP contribution in [0.2, 0.25) is 0 Å². The van der Waals surface area contributed by atoms with E-state index in [1.165, 1.54) is 6.42 Å². The van der Waals surface area contributed by atoms with Gasteiger partial charge in [-0.1, -0.05) is 61.7 Å². The fourth-order valence-corrected chi connectivity index (χ4v) is 5.28. The summed E-state index contributed by atoms with van der Waals surface area (Å²) in [6.45, 7) is 2.03. The molecule has 0 bridgehead atoms. The van der Waals surface area contributed by atoms with E-state index in [9.17, 15) is 9.59 Å². The molecule has 2 N–H and O–H groups in total. The van der Waals surface area contributed by atoms with Crippen LogP contribution in [0.15, 0.2) is 54.7 Å². The van der Waals surface area contributed by atoms with Crippen molar-refractivity contribution in [3.8, 4) is 0 Å². The van der Waals surface area contributed by atoms with Gasteiger partial charge in [0.2, 0.25) is 11.8 Å². The number of rotatable bonds is 7. The lowest BCUT2D eigenvalue weighted by atomic mass is 9.93. The first kappa shape index (κ1) is 21.7. The molecule has 5 rings (SSSR count). The molecule has 1 unspecified atom stereocenters. The van der Waals surface area contributed by atoms with E-state index in [1.807, 2.05) is 66.6 Å². The lowest BCUT2D eigenvalue weighted by Gasteiger charge is -2.34. The summed E-state index contributed by atoms with van der Waals surface area (Å²) in [6.07, 6.45) is 9.75. The van der Waals surface area contributed by atoms with Crippen molar-refractivity contribution in [3.05, 3.63) is 71.4 Å². The van der Waals surface area contributed by atoms with Gasteiger partial charge in [0, 0.05) is 29.2 Å². The fourth-order valence-electron chi connectivity index (χ4n) is 5.28. The number of aromatic nitrogens is 1. The lowest BCUT2D eigenvalue weighted by Crippen LogP contribution is -2.48. The van der Waals surface area contributed by atoms with Gasteiger partial charge in [0.15, 0.2) is 0 Å². The Labute approximate surface area is 195 Å². The molecule has 2 aromatic carbocycles. The van der Waals surface area contributed by atoms with Gasteiger partial charge in [-0.25, -0.2) is 0 Å². The number of hydrogen-bond acceptors (Lipinski definition) is 2. The number of hydrogen-bond donors (Lipinski definition) is 2. The van der Waals surface area contributed by atoms with E-state index in [0.717, 1.165) is 66.1 Å². The molecule has 2 aliphatic rings. The third kappa shape index (κ3) is 4.68. The predicted octanol–water partition coefficient (Wildman–Crippen LogP) is 5.20. The smallest absolute Gasteiger partial charge is 0.247 e. The Hall–Kier alpha value is -3.08. The van der Waals surface area contributed by atoms with Crippen LogP contribution in [0.4, 0.5) is 0 Å². The second-order valence-corrected chi connectivity index (χ2v) is 9.67. The zero-order valence-electron chi connectivity index (χ0n) is 19.3. The molecule has 33 heavy (non-hydrogen) atoms. The van der Waals surface area contributed by atoms with Gasteiger partial charge in [-0.2, -0.15) is 0 Å². The van der Waals surface area contributed by atoms with Gasteiger partial charge in [0.1, 0.15) is 6.04 Å². The van der Waals surface area contributed by atoms with Crippen molar-refractivity contribution in [1.82, 2.24) is 15.2 Å². The van der Waals surface area contributed by atoms with E-state index in [-0.39, 0.29) is 23.9 Å². The zero-order valence-corrected chi connectivity index (χ0v) is 19.3. The van der Waals surface area contributed by atoms with Gasteiger partial charge < -0.3 is 15.2 Å². The summed E-state index contributed by atoms with van der Waals surface area (Å²) in [5, 5.41) is 4.38. The van der Waals surface area contributed by atoms with Crippen molar-refractivity contribution in [2.75, 3.05) is 0 Å². The molecule has 0 spiro atoms. The van der Waals surface area contributed by atoms with Crippen LogP contribution in [0.1, 0.15) is 67.7 Å². The minimum atomic E-state index is -0.585. The third-order valence-corrected chi connectivity index (χ3v) is 7.21. The summed E-state index contributed by atoms with van der Waals surface area (Å²) in [6, 6.07) is 15.8. The topological polar surface area (TPSA) is 65.2 Å². The molecule has 1 aromatic heterocycles. The number of amides is 2. The number of benzene rings is 2. The second-order valence-electron chi connectivity index (χ2n) is 9.67. The largest absolute Gasteiger partial charge is 0.361 e. The van der Waals surface area contributed by atoms with Crippen LogP contribution >= 0.6 is 0 Å². The number of para-hydroxylation sites is 1. The predicted molar refractivity (Wildman–Crippen MR) is 131 cm³/mol. The molecule has 0 radical (unpaired) electrons. The van der Waals surface area contributed by atoms with Gasteiger partial charge in [0.05, 0.1) is 6.42 Å². The minimum absolute atomic E-state index is 0.0225. The highest BCUT2D eigenvalue weighted by atomic mass is 16.2. The standard InChI is InChI=1S/C28H33N3O2/c1-19-9-5-6-12-23(19)27(28(33)30-21-10-3-2-4-11-21)31(22-15-16-22)26(32)17-20-18-29-25-14-8-7-13-24(20)25/h5-9,12-14,18,21-22,27,29H,2-4,10-11,15-17H2,1H3,(H,30,33). The highest BCUT2D eigenvalue weighted by molar-refractivity contribution is 5.93. The molecule has 2 aliphatic carbocycles. The first-order chi connectivity index (χ1) is 16.1. The lowest BCUT2D eigenvalue weighted by molar-refractivity contribution is -0.141. The summed E-state index contributed by atoms with van der Waals surface area (Å²) in [5.74, 6) is -0.00956. The van der Waals surface area contributed by atoms with E-state index < -0.39 is 6.04 Å². The molecule has 172 valence electrons. The van der Waals surface area contributed by atoms with Crippen molar-refractivity contribution >= 4 is 22.7 Å². The van der Waals surface area contributed by atoms with Crippen LogP contribution in [0.3, 0.4) is 0 Å². The Bertz CT molecular complexity index is 1140. The molecule has 0 saturated heterocycles. The van der Waals surface area contributed by atoms with E-state index in [2.05, 4.69) is 10.3 Å². The molecule has 2 amide bonds. The maximum Gasteiger partial charge on any atom is 0.247 e. The molecule has 0 aliphatic heterocycles. The molecule has 5 nitrogen and oxygen atoms in total. The van der Waals surface area contributed by atoms with Crippen LogP contribution in [0.25, 0.3) is 10.9 Å². The second kappa shape index (κ2) is 9.42. The molecule has 2 fully saturated rings. The molecule has 1 heterocycles. The average molecular weight is 444 g/mol. The Morgan fingerprint density at radius 2 is 1.73 bits per heavy atom. The number of carbonyl (C=O) groups excluding carboxylic acids is 2. The third-order valence-electron chi connectivity index (χ3n) is 7.21. The Morgan fingerprint density at radius 1 is 1.00 bits per heavy atom. The Kier molecular flexibility index (Phi) is 6.21. The maximum absolute atomic E-state index is 13.8. The molecular formula is C28H33N3O2. The molecular weight excluding hydrogens is 410 g/mol. The number of carbonyl (C=O) groups is 2. The van der Waals surface area contributed by atoms with E-state index >= 15 is 0 Å². The minimum Gasteiger partial charge on any atom is -0.361 e. The van der Waals surface area contributed by atoms with Crippen LogP contribution in [-0.2, 0) is 16.0 Å². The normalized spacial score (nSPS) is 17.6. The quantitative estimate of drug-likeness (QED) is 0.527. The van der Waals surface area contributed by atoms with E-state index in [4.69, 9.17) is 0 Å². The van der Waals surface area contributed by atoms with Crippen molar-refractivity contribution < 1.29 is 9.59 Å². The first-order valence-corrected chi connectivity index (χ1v) is 12.3. The van der Waals surface area contributed by atoms with Gasteiger partial charge in [-0.05, 0) is 55.4 Å². The fraction of sp³-hybridized carbons (Fsp3) is 0.429. The Balaban J connectivity index is 1.46. The zero-order chi connectivity index (χ0) is 22.8. The van der Waals surface area contributed by atoms with Crippen LogP contribution < -0.4 is 5.32 Å². The highest BCUT2D eigenvalue weighted by Gasteiger charge is 2.42. The summed E-state index contributed by atoms with van der Waals surface area (Å²) in [4.78, 5) is 32.7. The van der Waals surface area contributed by atoms with Crippen molar-refractivity contribution in [2.24, 2.45) is 0 Å². The summed E-state index contributed by atoms with van der Waals surface area (Å²) >= 11 is 0. The number of aromatic amines is 1. The highest BCUT2D eigenvalue weighted by Crippen LogP contribution is 2.37. The molecule has 3 aromatic rings. The van der Waals surface area contributed by atoms with E-state index in [1.54, 1.807) is 0 Å². The monoisotopic (exact) mass is 443 g/mol. The van der Waals surface area contributed by atoms with Gasteiger partial charge >= 0.3 is 0 Å². The van der Waals surface area contributed by atoms with E-state index in [0.29, 0.717) is 6.42 Å². The molecule has 2 saturated carbocycles. The number of fused-ring (bicyclic) bond motifs is 1. The van der Waals surface area contributed by atoms with Gasteiger partial charge in [0.25, 0.3) is 0 Å². The number of nitrogens with zero attached hydrogens (tertiary/aromatic N) is 1. The summed E-state index contributed by atoms with van der Waals surface area (Å²) in [7, 11) is 0. The first-order valence-electron chi connectivity index (χ1n) is 12.3. The Morgan fingerprint density at radius 3 is 2.48 bits per heavy atom. The maximum atomic E-state index is 13.8. The van der Waals surface area contributed by atoms with Gasteiger partial charge in [-0.3, -0.25) is 9.59 Å². The number of nitrogens with one attached hydrogen (secondary N) is 2. The van der Waals surface area contributed by atoms with Crippen molar-refractivity contribution in [3.63, 3.8) is 0 Å². The number of aryl methyl sites for hydroxylation is 1. The SMILES string of the molecule is Cc1ccccc1C(C(=O)NC1CCCCC1)N(C(=O)Cc1c[nH]c2ccccc12)C1CC1. The average Bonchev–Trinajstić information content (AvgIpc) is 3.59. The van der Waals surface area contributed by atoms with Crippen LogP contribution in [-0.4, -0.2) is 33.8 Å². The summed E-state index contributed by atoms with van der Waals surface area (Å²) < 4.78 is 0. The van der Waals surface area contributed by atoms with Crippen molar-refractivity contribution in [2.45, 2.75) is 76.4 Å². The summed E-state index contributed by atoms with van der Waals surface area (Å²) in [5.41, 5.74) is 4.00. The van der Waals surface area contributed by atoms with Crippen LogP contribution in [0.5, 0.6) is 0 Å². The van der Waals surface area contributed by atoms with Crippen molar-refractivity contribution in [1.29, 1.82) is 0 Å². The number of H-pyrrole nitrogens is 1.